The zero-order chi connectivity index (χ0) is 11.0. The lowest BCUT2D eigenvalue weighted by Crippen LogP contribution is -2.43. The lowest BCUT2D eigenvalue weighted by molar-refractivity contribution is -0.125. The van der Waals surface area contributed by atoms with Gasteiger partial charge in [-0.05, 0) is 19.4 Å². The van der Waals surface area contributed by atoms with E-state index in [-0.39, 0.29) is 12.5 Å². The molecule has 0 radical (unpaired) electrons. The van der Waals surface area contributed by atoms with Gasteiger partial charge in [-0.1, -0.05) is 6.42 Å². The Kier molecular flexibility index (Phi) is 6.69. The summed E-state index contributed by atoms with van der Waals surface area (Å²) >= 11 is 0. The molecule has 0 aliphatic heterocycles. The lowest BCUT2D eigenvalue weighted by Gasteiger charge is -2.10. The molecule has 82 valence electrons. The number of primary amides is 1. The zero-order valence-electron chi connectivity index (χ0n) is 8.16. The summed E-state index contributed by atoms with van der Waals surface area (Å²) in [5, 5.41) is 2.34. The van der Waals surface area contributed by atoms with Gasteiger partial charge < -0.3 is 22.5 Å². The number of hydrogen-bond donors (Lipinski definition) is 4. The maximum atomic E-state index is 11.2. The summed E-state index contributed by atoms with van der Waals surface area (Å²) < 4.78 is 0. The van der Waals surface area contributed by atoms with E-state index in [4.69, 9.17) is 17.2 Å². The topological polar surface area (TPSA) is 124 Å². The zero-order valence-corrected chi connectivity index (χ0v) is 8.16. The second-order valence-corrected chi connectivity index (χ2v) is 3.08. The van der Waals surface area contributed by atoms with Crippen molar-refractivity contribution in [2.75, 3.05) is 13.1 Å². The SMILES string of the molecule is NCCCC[C@@H](N)C(=O)NCC(N)=O. The number of rotatable bonds is 7. The third-order valence-electron chi connectivity index (χ3n) is 1.74. The van der Waals surface area contributed by atoms with Crippen LogP contribution < -0.4 is 22.5 Å². The van der Waals surface area contributed by atoms with Crippen LogP contribution in [0.15, 0.2) is 0 Å². The minimum absolute atomic E-state index is 0.163. The molecule has 1 atom stereocenters. The first-order valence-electron chi connectivity index (χ1n) is 4.59. The first kappa shape index (κ1) is 12.9. The predicted molar refractivity (Wildman–Crippen MR) is 53.1 cm³/mol. The summed E-state index contributed by atoms with van der Waals surface area (Å²) in [4.78, 5) is 21.5. The minimum atomic E-state index is -0.583. The van der Waals surface area contributed by atoms with Crippen LogP contribution in [0.3, 0.4) is 0 Å². The Hall–Kier alpha value is -1.14. The minimum Gasteiger partial charge on any atom is -0.368 e. The summed E-state index contributed by atoms with van der Waals surface area (Å²) in [6, 6.07) is -0.583. The number of carbonyl (C=O) groups is 2. The second kappa shape index (κ2) is 7.28. The molecule has 0 fully saturated rings. The predicted octanol–water partition coefficient (Wildman–Crippen LogP) is -1.96. The van der Waals surface area contributed by atoms with Crippen LogP contribution in [0.2, 0.25) is 0 Å². The summed E-state index contributed by atoms with van der Waals surface area (Å²) in [6.07, 6.45) is 2.22. The van der Waals surface area contributed by atoms with Crippen molar-refractivity contribution in [2.24, 2.45) is 17.2 Å². The largest absolute Gasteiger partial charge is 0.368 e. The van der Waals surface area contributed by atoms with Gasteiger partial charge in [-0.25, -0.2) is 0 Å². The third kappa shape index (κ3) is 6.38. The molecule has 0 heterocycles. The molecule has 0 rings (SSSR count). The molecule has 0 aliphatic rings. The summed E-state index contributed by atoms with van der Waals surface area (Å²) in [6.45, 7) is 0.430. The molecule has 0 unspecified atom stereocenters. The standard InChI is InChI=1S/C8H18N4O2/c9-4-2-1-3-6(10)8(14)12-5-7(11)13/h6H,1-5,9-10H2,(H2,11,13)(H,12,14)/t6-/m1/s1. The monoisotopic (exact) mass is 202 g/mol. The van der Waals surface area contributed by atoms with Gasteiger partial charge in [0.15, 0.2) is 0 Å². The molecule has 6 nitrogen and oxygen atoms in total. The van der Waals surface area contributed by atoms with Crippen LogP contribution in [-0.4, -0.2) is 30.9 Å². The van der Waals surface area contributed by atoms with E-state index in [1.54, 1.807) is 0 Å². The van der Waals surface area contributed by atoms with E-state index in [1.807, 2.05) is 0 Å². The van der Waals surface area contributed by atoms with Crippen molar-refractivity contribution < 1.29 is 9.59 Å². The molecule has 14 heavy (non-hydrogen) atoms. The van der Waals surface area contributed by atoms with Gasteiger partial charge >= 0.3 is 0 Å². The number of amides is 2. The summed E-state index contributed by atoms with van der Waals surface area (Å²) in [7, 11) is 0. The van der Waals surface area contributed by atoms with Crippen molar-refractivity contribution >= 4 is 11.8 Å². The Bertz CT molecular complexity index is 196. The molecule has 7 N–H and O–H groups in total. The molecular formula is C8H18N4O2. The summed E-state index contributed by atoms with van der Waals surface area (Å²) in [5.41, 5.74) is 15.7. The molecule has 0 aromatic heterocycles. The first-order chi connectivity index (χ1) is 6.57. The maximum Gasteiger partial charge on any atom is 0.237 e. The van der Waals surface area contributed by atoms with E-state index in [2.05, 4.69) is 5.32 Å². The Labute approximate surface area is 83.2 Å². The first-order valence-corrected chi connectivity index (χ1v) is 4.59. The fourth-order valence-corrected chi connectivity index (χ4v) is 0.945. The Morgan fingerprint density at radius 2 is 1.93 bits per heavy atom. The number of hydrogen-bond acceptors (Lipinski definition) is 4. The molecule has 0 saturated heterocycles. The molecule has 0 aliphatic carbocycles. The third-order valence-corrected chi connectivity index (χ3v) is 1.74. The van der Waals surface area contributed by atoms with Crippen molar-refractivity contribution in [3.05, 3.63) is 0 Å². The van der Waals surface area contributed by atoms with Gasteiger partial charge in [0.1, 0.15) is 0 Å². The molecule has 0 saturated carbocycles. The lowest BCUT2D eigenvalue weighted by atomic mass is 10.1. The molecular weight excluding hydrogens is 184 g/mol. The summed E-state index contributed by atoms with van der Waals surface area (Å²) in [5.74, 6) is -0.923. The van der Waals surface area contributed by atoms with Gasteiger partial charge in [0.2, 0.25) is 11.8 Å². The van der Waals surface area contributed by atoms with Gasteiger partial charge in [-0.15, -0.1) is 0 Å². The molecule has 0 aromatic rings. The van der Waals surface area contributed by atoms with Gasteiger partial charge in [0.25, 0.3) is 0 Å². The van der Waals surface area contributed by atoms with E-state index in [0.717, 1.165) is 12.8 Å². The van der Waals surface area contributed by atoms with Crippen LogP contribution in [0.25, 0.3) is 0 Å². The van der Waals surface area contributed by atoms with Gasteiger partial charge in [0.05, 0.1) is 12.6 Å². The van der Waals surface area contributed by atoms with Crippen LogP contribution >= 0.6 is 0 Å². The highest BCUT2D eigenvalue weighted by Gasteiger charge is 2.12. The fraction of sp³-hybridized carbons (Fsp3) is 0.750. The fourth-order valence-electron chi connectivity index (χ4n) is 0.945. The molecule has 0 aromatic carbocycles. The highest BCUT2D eigenvalue weighted by atomic mass is 16.2. The number of carbonyl (C=O) groups excluding carboxylic acids is 2. The Morgan fingerprint density at radius 3 is 2.43 bits per heavy atom. The second-order valence-electron chi connectivity index (χ2n) is 3.08. The number of nitrogens with two attached hydrogens (primary N) is 3. The van der Waals surface area contributed by atoms with Crippen LogP contribution in [-0.2, 0) is 9.59 Å². The van der Waals surface area contributed by atoms with Crippen molar-refractivity contribution in [1.29, 1.82) is 0 Å². The van der Waals surface area contributed by atoms with Crippen molar-refractivity contribution in [3.8, 4) is 0 Å². The average Bonchev–Trinajstić information content (AvgIpc) is 2.14. The van der Waals surface area contributed by atoms with Crippen molar-refractivity contribution in [1.82, 2.24) is 5.32 Å². The highest BCUT2D eigenvalue weighted by molar-refractivity contribution is 5.86. The Balaban J connectivity index is 3.59. The molecule has 0 spiro atoms. The van der Waals surface area contributed by atoms with Gasteiger partial charge in [0, 0.05) is 0 Å². The number of unbranched alkanes of at least 4 members (excludes halogenated alkanes) is 1. The maximum absolute atomic E-state index is 11.2. The van der Waals surface area contributed by atoms with Gasteiger partial charge in [-0.2, -0.15) is 0 Å². The van der Waals surface area contributed by atoms with E-state index >= 15 is 0 Å². The van der Waals surface area contributed by atoms with Gasteiger partial charge in [-0.3, -0.25) is 9.59 Å². The smallest absolute Gasteiger partial charge is 0.237 e. The van der Waals surface area contributed by atoms with Crippen LogP contribution in [0.4, 0.5) is 0 Å². The Morgan fingerprint density at radius 1 is 1.29 bits per heavy atom. The van der Waals surface area contributed by atoms with E-state index in [9.17, 15) is 9.59 Å². The van der Waals surface area contributed by atoms with E-state index in [0.29, 0.717) is 13.0 Å². The van der Waals surface area contributed by atoms with Crippen molar-refractivity contribution in [2.45, 2.75) is 25.3 Å². The molecule has 6 heteroatoms. The van der Waals surface area contributed by atoms with Crippen LogP contribution in [0.1, 0.15) is 19.3 Å². The van der Waals surface area contributed by atoms with Crippen LogP contribution in [0.5, 0.6) is 0 Å². The van der Waals surface area contributed by atoms with E-state index in [1.165, 1.54) is 0 Å². The van der Waals surface area contributed by atoms with Crippen molar-refractivity contribution in [3.63, 3.8) is 0 Å². The molecule has 2 amide bonds. The quantitative estimate of drug-likeness (QED) is 0.358. The average molecular weight is 202 g/mol. The number of nitrogens with one attached hydrogen (secondary N) is 1. The molecule has 0 bridgehead atoms. The van der Waals surface area contributed by atoms with Crippen LogP contribution in [0, 0.1) is 0 Å². The normalized spacial score (nSPS) is 12.1. The van der Waals surface area contributed by atoms with E-state index < -0.39 is 11.9 Å². The highest BCUT2D eigenvalue weighted by Crippen LogP contribution is 1.97.